The first-order valence-electron chi connectivity index (χ1n) is 9.89. The molecule has 32 heavy (non-hydrogen) atoms. The second kappa shape index (κ2) is 10.3. The van der Waals surface area contributed by atoms with Crippen molar-refractivity contribution in [3.63, 3.8) is 0 Å². The van der Waals surface area contributed by atoms with Crippen molar-refractivity contribution >= 4 is 25.2 Å². The summed E-state index contributed by atoms with van der Waals surface area (Å²) in [6.45, 7) is 0.709. The van der Waals surface area contributed by atoms with E-state index in [1.807, 2.05) is 41.1 Å². The Morgan fingerprint density at radius 3 is 2.88 bits per heavy atom. The number of pyridine rings is 1. The summed E-state index contributed by atoms with van der Waals surface area (Å²) in [6.07, 6.45) is 13.1. The maximum absolute atomic E-state index is 13.3. The number of aromatic nitrogens is 4. The predicted octanol–water partition coefficient (Wildman–Crippen LogP) is 2.14. The number of hydrogen-bond acceptors (Lipinski definition) is 8. The summed E-state index contributed by atoms with van der Waals surface area (Å²) >= 11 is 0. The van der Waals surface area contributed by atoms with Crippen LogP contribution in [0.2, 0.25) is 0 Å². The molecule has 0 aromatic carbocycles. The smallest absolute Gasteiger partial charge is 0.328 e. The van der Waals surface area contributed by atoms with Crippen molar-refractivity contribution in [2.45, 2.75) is 19.3 Å². The van der Waals surface area contributed by atoms with Crippen molar-refractivity contribution in [3.05, 3.63) is 71.2 Å². The number of fused-ring (bicyclic) bond motifs is 1. The normalized spacial score (nSPS) is 16.1. The van der Waals surface area contributed by atoms with Gasteiger partial charge >= 0.3 is 8.60 Å². The molecule has 1 unspecified atom stereocenters. The average Bonchev–Trinajstić information content (AvgIpc) is 3.20. The summed E-state index contributed by atoms with van der Waals surface area (Å²) in [5.74, 6) is 0. The molecule has 0 aliphatic heterocycles. The summed E-state index contributed by atoms with van der Waals surface area (Å²) in [4.78, 5) is 40.0. The molecule has 0 radical (unpaired) electrons. The Kier molecular flexibility index (Phi) is 7.21. The third-order valence-electron chi connectivity index (χ3n) is 5.00. The Hall–Kier alpha value is -2.72. The van der Waals surface area contributed by atoms with Crippen molar-refractivity contribution in [1.82, 2.24) is 19.1 Å². The van der Waals surface area contributed by atoms with Gasteiger partial charge in [0.25, 0.3) is 5.56 Å². The topological polar surface area (TPSA) is 121 Å². The molecule has 0 amide bonds. The van der Waals surface area contributed by atoms with E-state index in [9.17, 15) is 4.79 Å². The minimum absolute atomic E-state index is 0.0582. The molecule has 2 N–H and O–H groups in total. The lowest BCUT2D eigenvalue weighted by molar-refractivity contribution is 0.0406. The van der Waals surface area contributed by atoms with Crippen LogP contribution in [0, 0.1) is 0 Å². The molecule has 3 aromatic rings. The largest absolute Gasteiger partial charge is 0.382 e. The fourth-order valence-electron chi connectivity index (χ4n) is 3.48. The molecular weight excluding hydrogens is 435 g/mol. The van der Waals surface area contributed by atoms with E-state index >= 15 is 0 Å². The van der Waals surface area contributed by atoms with Crippen LogP contribution >= 0.6 is 8.60 Å². The lowest BCUT2D eigenvalue weighted by atomic mass is 9.98. The zero-order valence-corrected chi connectivity index (χ0v) is 18.3. The van der Waals surface area contributed by atoms with Crippen LogP contribution in [-0.4, -0.2) is 55.3 Å². The maximum Gasteiger partial charge on any atom is 0.328 e. The first-order valence-corrected chi connectivity index (χ1v) is 11.1. The molecule has 4 rings (SSSR count). The molecule has 1 aliphatic rings. The highest BCUT2D eigenvalue weighted by molar-refractivity contribution is 7.39. The molecule has 1 atom stereocenters. The van der Waals surface area contributed by atoms with E-state index in [4.69, 9.17) is 23.8 Å². The van der Waals surface area contributed by atoms with Gasteiger partial charge < -0.3 is 19.3 Å². The zero-order valence-electron chi connectivity index (χ0n) is 17.4. The quantitative estimate of drug-likeness (QED) is 0.370. The molecule has 3 heterocycles. The van der Waals surface area contributed by atoms with Crippen LogP contribution < -0.4 is 5.56 Å². The highest BCUT2D eigenvalue weighted by Gasteiger charge is 2.20. The van der Waals surface area contributed by atoms with Crippen LogP contribution in [0.5, 0.6) is 0 Å². The van der Waals surface area contributed by atoms with Crippen molar-refractivity contribution in [1.29, 1.82) is 0 Å². The molecule has 0 saturated carbocycles. The van der Waals surface area contributed by atoms with E-state index in [0.717, 1.165) is 11.3 Å². The van der Waals surface area contributed by atoms with Gasteiger partial charge in [0.15, 0.2) is 5.65 Å². The van der Waals surface area contributed by atoms with Gasteiger partial charge in [-0.05, 0) is 24.1 Å². The summed E-state index contributed by atoms with van der Waals surface area (Å²) in [6, 6.07) is 3.68. The van der Waals surface area contributed by atoms with E-state index in [2.05, 4.69) is 9.97 Å². The van der Waals surface area contributed by atoms with Crippen LogP contribution in [-0.2, 0) is 20.7 Å². The van der Waals surface area contributed by atoms with Gasteiger partial charge in [0, 0.05) is 25.1 Å². The van der Waals surface area contributed by atoms with Gasteiger partial charge in [-0.25, -0.2) is 4.98 Å². The highest BCUT2D eigenvalue weighted by atomic mass is 31.2. The standard InChI is InChI=1S/C21H23N4O6P/c1-29-9-10-30-17-6-4-15(5-7-17)18-12-25(16-3-2-8-22-11-16)20-19(18)21(26)24(13-23-20)14-31-32(27)28/h2-6,8,11-13,17,27-28H,7,9-10,14H2,1H3. The van der Waals surface area contributed by atoms with Crippen LogP contribution in [0.4, 0.5) is 0 Å². The number of nitrogens with zero attached hydrogens (tertiary/aromatic N) is 4. The third-order valence-corrected chi connectivity index (χ3v) is 5.35. The van der Waals surface area contributed by atoms with E-state index in [-0.39, 0.29) is 18.4 Å². The maximum atomic E-state index is 13.3. The van der Waals surface area contributed by atoms with Gasteiger partial charge in [-0.15, -0.1) is 0 Å². The molecule has 11 heteroatoms. The number of allylic oxidation sites excluding steroid dienone is 2. The van der Waals surface area contributed by atoms with Gasteiger partial charge in [-0.2, -0.15) is 0 Å². The Morgan fingerprint density at radius 2 is 2.19 bits per heavy atom. The third kappa shape index (κ3) is 4.86. The summed E-state index contributed by atoms with van der Waals surface area (Å²) in [5.41, 5.74) is 2.46. The minimum atomic E-state index is -2.59. The molecule has 10 nitrogen and oxygen atoms in total. The molecule has 168 valence electrons. The summed E-state index contributed by atoms with van der Waals surface area (Å²) in [5, 5.41) is 0.398. The van der Waals surface area contributed by atoms with Gasteiger partial charge in [0.1, 0.15) is 13.1 Å². The molecule has 3 aromatic heterocycles. The Balaban J connectivity index is 1.75. The molecule has 0 bridgehead atoms. The van der Waals surface area contributed by atoms with E-state index in [1.54, 1.807) is 19.5 Å². The SMILES string of the molecule is COCCOC1C=CC(c2cn(-c3cccnc3)c3ncn(COP(O)O)c(=O)c23)=CC1. The zero-order chi connectivity index (χ0) is 22.5. The fraction of sp³-hybridized carbons (Fsp3) is 0.286. The lowest BCUT2D eigenvalue weighted by Gasteiger charge is -2.16. The molecule has 0 spiro atoms. The van der Waals surface area contributed by atoms with Gasteiger partial charge in [0.05, 0.1) is 36.6 Å². The number of ether oxygens (including phenoxy) is 2. The Bertz CT molecular complexity index is 1190. The first kappa shape index (κ1) is 22.5. The number of hydrogen-bond donors (Lipinski definition) is 2. The van der Waals surface area contributed by atoms with Crippen LogP contribution in [0.25, 0.3) is 22.3 Å². The van der Waals surface area contributed by atoms with Crippen LogP contribution in [0.15, 0.2) is 60.1 Å². The van der Waals surface area contributed by atoms with Crippen LogP contribution in [0.3, 0.4) is 0 Å². The van der Waals surface area contributed by atoms with E-state index < -0.39 is 8.60 Å². The van der Waals surface area contributed by atoms with Crippen molar-refractivity contribution < 1.29 is 23.8 Å². The van der Waals surface area contributed by atoms with E-state index in [0.29, 0.717) is 36.2 Å². The number of methoxy groups -OCH3 is 1. The van der Waals surface area contributed by atoms with Gasteiger partial charge in [-0.1, -0.05) is 18.2 Å². The first-order chi connectivity index (χ1) is 15.6. The van der Waals surface area contributed by atoms with E-state index in [1.165, 1.54) is 10.9 Å². The molecule has 0 saturated heterocycles. The second-order valence-corrected chi connectivity index (χ2v) is 7.77. The predicted molar refractivity (Wildman–Crippen MR) is 119 cm³/mol. The minimum Gasteiger partial charge on any atom is -0.382 e. The van der Waals surface area contributed by atoms with Gasteiger partial charge in [0.2, 0.25) is 0 Å². The Morgan fingerprint density at radius 1 is 1.31 bits per heavy atom. The monoisotopic (exact) mass is 458 g/mol. The van der Waals surface area contributed by atoms with Crippen molar-refractivity contribution in [2.75, 3.05) is 20.3 Å². The van der Waals surface area contributed by atoms with Gasteiger partial charge in [-0.3, -0.25) is 23.4 Å². The fourth-order valence-corrected chi connectivity index (χ4v) is 3.71. The lowest BCUT2D eigenvalue weighted by Crippen LogP contribution is -2.22. The molecule has 1 aliphatic carbocycles. The summed E-state index contributed by atoms with van der Waals surface area (Å²) < 4.78 is 18.6. The number of rotatable bonds is 9. The summed E-state index contributed by atoms with van der Waals surface area (Å²) in [7, 11) is -0.959. The second-order valence-electron chi connectivity index (χ2n) is 7.01. The Labute approximate surface area is 185 Å². The highest BCUT2D eigenvalue weighted by Crippen LogP contribution is 2.30. The average molecular weight is 458 g/mol. The van der Waals surface area contributed by atoms with Crippen molar-refractivity contribution in [2.24, 2.45) is 0 Å². The van der Waals surface area contributed by atoms with Crippen LogP contribution in [0.1, 0.15) is 12.0 Å². The van der Waals surface area contributed by atoms with Crippen molar-refractivity contribution in [3.8, 4) is 5.69 Å². The molecular formula is C21H23N4O6P. The molecule has 0 fully saturated rings.